The van der Waals surface area contributed by atoms with Gasteiger partial charge in [-0.05, 0) is 30.5 Å². The summed E-state index contributed by atoms with van der Waals surface area (Å²) in [6.07, 6.45) is 0. The molecule has 0 aliphatic carbocycles. The molecule has 2 aromatic rings. The molecule has 0 unspecified atom stereocenters. The Morgan fingerprint density at radius 3 is 2.32 bits per heavy atom. The quantitative estimate of drug-likeness (QED) is 0.663. The minimum atomic E-state index is -2.82. The molecule has 0 radical (unpaired) electrons. The Balaban J connectivity index is 2.16. The van der Waals surface area contributed by atoms with Crippen LogP contribution in [0.15, 0.2) is 47.5 Å². The van der Waals surface area contributed by atoms with Crippen molar-refractivity contribution in [1.82, 2.24) is 0 Å². The maximum absolute atomic E-state index is 13.2. The molecular formula is C18H20F2N2. The number of alkyl halides is 2. The van der Waals surface area contributed by atoms with E-state index in [0.717, 1.165) is 29.2 Å². The molecule has 116 valence electrons. The van der Waals surface area contributed by atoms with Gasteiger partial charge in [0, 0.05) is 18.1 Å². The molecule has 0 saturated heterocycles. The van der Waals surface area contributed by atoms with Crippen LogP contribution in [0.5, 0.6) is 0 Å². The molecule has 2 rings (SSSR count). The zero-order chi connectivity index (χ0) is 16.3. The number of benzene rings is 2. The Labute approximate surface area is 129 Å². The van der Waals surface area contributed by atoms with E-state index in [1.54, 1.807) is 12.1 Å². The summed E-state index contributed by atoms with van der Waals surface area (Å²) in [5, 5.41) is 0. The van der Waals surface area contributed by atoms with Crippen LogP contribution in [0, 0.1) is 13.8 Å². The highest BCUT2D eigenvalue weighted by atomic mass is 19.3. The lowest BCUT2D eigenvalue weighted by atomic mass is 10.0. The lowest BCUT2D eigenvalue weighted by Gasteiger charge is -2.11. The SMILES string of the molecule is Cc1cccc(C(N)=NCc2ccc(C(C)(F)F)cc2)c1C. The zero-order valence-electron chi connectivity index (χ0n) is 13.0. The fourth-order valence-corrected chi connectivity index (χ4v) is 2.19. The molecule has 22 heavy (non-hydrogen) atoms. The van der Waals surface area contributed by atoms with E-state index < -0.39 is 5.92 Å². The van der Waals surface area contributed by atoms with Crippen molar-refractivity contribution in [3.8, 4) is 0 Å². The number of nitrogens with zero attached hydrogens (tertiary/aromatic N) is 1. The molecule has 0 aliphatic rings. The van der Waals surface area contributed by atoms with Crippen molar-refractivity contribution in [3.05, 3.63) is 70.3 Å². The van der Waals surface area contributed by atoms with Crippen molar-refractivity contribution in [2.24, 2.45) is 10.7 Å². The molecule has 0 spiro atoms. The molecule has 0 aromatic heterocycles. The van der Waals surface area contributed by atoms with Crippen molar-refractivity contribution in [1.29, 1.82) is 0 Å². The third kappa shape index (κ3) is 3.70. The summed E-state index contributed by atoms with van der Waals surface area (Å²) in [4.78, 5) is 4.37. The second-order valence-electron chi connectivity index (χ2n) is 5.53. The molecule has 0 amide bonds. The van der Waals surface area contributed by atoms with E-state index in [4.69, 9.17) is 5.73 Å². The minimum Gasteiger partial charge on any atom is -0.383 e. The number of aryl methyl sites for hydroxylation is 1. The highest BCUT2D eigenvalue weighted by molar-refractivity contribution is 5.99. The maximum Gasteiger partial charge on any atom is 0.270 e. The largest absolute Gasteiger partial charge is 0.383 e. The van der Waals surface area contributed by atoms with Crippen LogP contribution in [0.4, 0.5) is 8.78 Å². The summed E-state index contributed by atoms with van der Waals surface area (Å²) in [6.45, 7) is 5.29. The number of amidine groups is 1. The first-order valence-electron chi connectivity index (χ1n) is 7.13. The summed E-state index contributed by atoms with van der Waals surface area (Å²) in [7, 11) is 0. The molecule has 0 fully saturated rings. The predicted octanol–water partition coefficient (Wildman–Crippen LogP) is 4.32. The molecule has 4 heteroatoms. The van der Waals surface area contributed by atoms with Crippen LogP contribution >= 0.6 is 0 Å². The smallest absolute Gasteiger partial charge is 0.270 e. The van der Waals surface area contributed by atoms with Crippen molar-refractivity contribution in [3.63, 3.8) is 0 Å². The van der Waals surface area contributed by atoms with Gasteiger partial charge in [-0.3, -0.25) is 4.99 Å². The second-order valence-corrected chi connectivity index (χ2v) is 5.53. The van der Waals surface area contributed by atoms with Crippen molar-refractivity contribution >= 4 is 5.84 Å². The summed E-state index contributed by atoms with van der Waals surface area (Å²) in [5.74, 6) is -2.36. The molecule has 2 nitrogen and oxygen atoms in total. The first-order valence-corrected chi connectivity index (χ1v) is 7.13. The van der Waals surface area contributed by atoms with E-state index in [9.17, 15) is 8.78 Å². The van der Waals surface area contributed by atoms with E-state index >= 15 is 0 Å². The van der Waals surface area contributed by atoms with Gasteiger partial charge in [0.05, 0.1) is 6.54 Å². The Morgan fingerprint density at radius 2 is 1.73 bits per heavy atom. The van der Waals surface area contributed by atoms with Crippen LogP contribution < -0.4 is 5.73 Å². The Hall–Kier alpha value is -2.23. The van der Waals surface area contributed by atoms with Crippen molar-refractivity contribution in [2.75, 3.05) is 0 Å². The van der Waals surface area contributed by atoms with E-state index in [1.165, 1.54) is 12.1 Å². The lowest BCUT2D eigenvalue weighted by Crippen LogP contribution is -2.15. The number of hydrogen-bond donors (Lipinski definition) is 1. The average molecular weight is 302 g/mol. The zero-order valence-corrected chi connectivity index (χ0v) is 13.0. The van der Waals surface area contributed by atoms with Gasteiger partial charge in [-0.1, -0.05) is 42.5 Å². The first-order chi connectivity index (χ1) is 10.3. The fraction of sp³-hybridized carbons (Fsp3) is 0.278. The van der Waals surface area contributed by atoms with Crippen molar-refractivity contribution < 1.29 is 8.78 Å². The Kier molecular flexibility index (Phi) is 4.59. The highest BCUT2D eigenvalue weighted by Crippen LogP contribution is 2.26. The highest BCUT2D eigenvalue weighted by Gasteiger charge is 2.23. The molecule has 0 saturated carbocycles. The summed E-state index contributed by atoms with van der Waals surface area (Å²) < 4.78 is 26.3. The maximum atomic E-state index is 13.2. The van der Waals surface area contributed by atoms with Gasteiger partial charge in [0.2, 0.25) is 0 Å². The molecule has 0 atom stereocenters. The Morgan fingerprint density at radius 1 is 1.09 bits per heavy atom. The van der Waals surface area contributed by atoms with Gasteiger partial charge < -0.3 is 5.73 Å². The van der Waals surface area contributed by atoms with E-state index in [-0.39, 0.29) is 5.56 Å². The first kappa shape index (κ1) is 16.1. The standard InChI is InChI=1S/C18H20F2N2/c1-12-5-4-6-16(13(12)2)17(21)22-11-14-7-9-15(10-8-14)18(3,19)20/h4-10H,11H2,1-3H3,(H2,21,22). The van der Waals surface area contributed by atoms with Crippen LogP contribution in [0.3, 0.4) is 0 Å². The predicted molar refractivity (Wildman–Crippen MR) is 86.4 cm³/mol. The number of aliphatic imine (C=N–C) groups is 1. The summed E-state index contributed by atoms with van der Waals surface area (Å²) in [6, 6.07) is 12.1. The molecular weight excluding hydrogens is 282 g/mol. The number of hydrogen-bond acceptors (Lipinski definition) is 1. The van der Waals surface area contributed by atoms with Gasteiger partial charge in [-0.25, -0.2) is 8.78 Å². The van der Waals surface area contributed by atoms with E-state index in [1.807, 2.05) is 32.0 Å². The molecule has 0 aliphatic heterocycles. The normalized spacial score (nSPS) is 12.5. The fourth-order valence-electron chi connectivity index (χ4n) is 2.19. The van der Waals surface area contributed by atoms with Crippen LogP contribution in [-0.2, 0) is 12.5 Å². The number of nitrogens with two attached hydrogens (primary N) is 1. The minimum absolute atomic E-state index is 0.00253. The summed E-state index contributed by atoms with van der Waals surface area (Å²) >= 11 is 0. The van der Waals surface area contributed by atoms with Crippen LogP contribution in [0.1, 0.15) is 34.7 Å². The van der Waals surface area contributed by atoms with Gasteiger partial charge in [0.15, 0.2) is 0 Å². The summed E-state index contributed by atoms with van der Waals surface area (Å²) in [5.41, 5.74) is 10.1. The van der Waals surface area contributed by atoms with Crippen LogP contribution in [0.25, 0.3) is 0 Å². The molecule has 2 N–H and O–H groups in total. The molecule has 2 aromatic carbocycles. The monoisotopic (exact) mass is 302 g/mol. The third-order valence-corrected chi connectivity index (χ3v) is 3.77. The van der Waals surface area contributed by atoms with E-state index in [2.05, 4.69) is 4.99 Å². The average Bonchev–Trinajstić information content (AvgIpc) is 2.47. The number of halogens is 2. The van der Waals surface area contributed by atoms with Gasteiger partial charge >= 0.3 is 0 Å². The third-order valence-electron chi connectivity index (χ3n) is 3.77. The van der Waals surface area contributed by atoms with Gasteiger partial charge in [-0.2, -0.15) is 0 Å². The van der Waals surface area contributed by atoms with Crippen LogP contribution in [0.2, 0.25) is 0 Å². The number of rotatable bonds is 4. The lowest BCUT2D eigenvalue weighted by molar-refractivity contribution is 0.0174. The van der Waals surface area contributed by atoms with Gasteiger partial charge in [0.25, 0.3) is 5.92 Å². The van der Waals surface area contributed by atoms with Gasteiger partial charge in [0.1, 0.15) is 5.84 Å². The van der Waals surface area contributed by atoms with Gasteiger partial charge in [-0.15, -0.1) is 0 Å². The second kappa shape index (κ2) is 6.26. The Bertz CT molecular complexity index is 683. The molecule has 0 bridgehead atoms. The van der Waals surface area contributed by atoms with Crippen LogP contribution in [-0.4, -0.2) is 5.84 Å². The van der Waals surface area contributed by atoms with E-state index in [0.29, 0.717) is 12.4 Å². The topological polar surface area (TPSA) is 38.4 Å². The molecule has 0 heterocycles. The van der Waals surface area contributed by atoms with Crippen molar-refractivity contribution in [2.45, 2.75) is 33.2 Å².